The smallest absolute Gasteiger partial charge is 0.193 e. The summed E-state index contributed by atoms with van der Waals surface area (Å²) >= 11 is 0. The number of hydrogen-bond donors (Lipinski definition) is 2. The number of phenols is 1. The Labute approximate surface area is 162 Å². The van der Waals surface area contributed by atoms with E-state index in [1.807, 2.05) is 25.3 Å². The minimum Gasteiger partial charge on any atom is -0.504 e. The molecule has 0 atom stereocenters. The molecule has 0 fully saturated rings. The lowest BCUT2D eigenvalue weighted by Crippen LogP contribution is -2.39. The first kappa shape index (κ1) is 22.6. The summed E-state index contributed by atoms with van der Waals surface area (Å²) in [6.07, 6.45) is 4.82. The van der Waals surface area contributed by atoms with Crippen LogP contribution in [0.3, 0.4) is 0 Å². The van der Waals surface area contributed by atoms with Crippen molar-refractivity contribution in [1.29, 1.82) is 0 Å². The van der Waals surface area contributed by atoms with E-state index in [0.29, 0.717) is 12.3 Å². The van der Waals surface area contributed by atoms with E-state index in [4.69, 9.17) is 4.74 Å². The zero-order valence-corrected chi connectivity index (χ0v) is 17.2. The summed E-state index contributed by atoms with van der Waals surface area (Å²) in [5.41, 5.74) is 1.09. The van der Waals surface area contributed by atoms with Gasteiger partial charge in [0.2, 0.25) is 0 Å². The summed E-state index contributed by atoms with van der Waals surface area (Å²) in [5, 5.41) is 12.9. The van der Waals surface area contributed by atoms with E-state index in [0.717, 1.165) is 43.9 Å². The molecule has 0 aromatic heterocycles. The molecule has 0 saturated carbocycles. The van der Waals surface area contributed by atoms with Crippen LogP contribution in [-0.2, 0) is 6.42 Å². The van der Waals surface area contributed by atoms with Gasteiger partial charge in [-0.2, -0.15) is 0 Å². The lowest BCUT2D eigenvalue weighted by atomic mass is 10.1. The Balaban J connectivity index is 0.00000529. The Kier molecular flexibility index (Phi) is 12.1. The van der Waals surface area contributed by atoms with Gasteiger partial charge in [0.15, 0.2) is 17.5 Å². The van der Waals surface area contributed by atoms with Gasteiger partial charge in [-0.25, -0.2) is 0 Å². The molecule has 0 unspecified atom stereocenters. The van der Waals surface area contributed by atoms with Gasteiger partial charge in [0.05, 0.1) is 7.11 Å². The number of halogens is 1. The first-order chi connectivity index (χ1) is 11.1. The van der Waals surface area contributed by atoms with Gasteiger partial charge in [-0.05, 0) is 43.9 Å². The van der Waals surface area contributed by atoms with Crippen LogP contribution in [-0.4, -0.2) is 49.8 Å². The Morgan fingerprint density at radius 2 is 2.21 bits per heavy atom. The second-order valence-electron chi connectivity index (χ2n) is 5.34. The van der Waals surface area contributed by atoms with Crippen LogP contribution in [0.5, 0.6) is 11.5 Å². The number of nitrogens with one attached hydrogen (secondary N) is 1. The van der Waals surface area contributed by atoms with Gasteiger partial charge >= 0.3 is 0 Å². The van der Waals surface area contributed by atoms with Gasteiger partial charge < -0.3 is 20.1 Å². The predicted molar refractivity (Wildman–Crippen MR) is 112 cm³/mol. The maximum absolute atomic E-state index is 9.62. The standard InChI is InChI=1S/C18H29N3O2.HI/c1-5-7-8-13-21(3)18(19-6-2)20-12-11-15-9-10-16(22)17(14-15)23-4;/h5,9-10,14,22H,1,6-8,11-13H2,2-4H3,(H,19,20);1H. The Morgan fingerprint density at radius 3 is 2.83 bits per heavy atom. The molecule has 2 N–H and O–H groups in total. The maximum atomic E-state index is 9.62. The van der Waals surface area contributed by atoms with Crippen LogP contribution in [0.2, 0.25) is 0 Å². The quantitative estimate of drug-likeness (QED) is 0.200. The highest BCUT2D eigenvalue weighted by Crippen LogP contribution is 2.26. The molecule has 0 radical (unpaired) electrons. The zero-order chi connectivity index (χ0) is 17.1. The van der Waals surface area contributed by atoms with Crippen molar-refractivity contribution < 1.29 is 9.84 Å². The number of nitrogens with zero attached hydrogens (tertiary/aromatic N) is 2. The highest BCUT2D eigenvalue weighted by molar-refractivity contribution is 14.0. The molecular weight excluding hydrogens is 417 g/mol. The van der Waals surface area contributed by atoms with Gasteiger partial charge in [0.1, 0.15) is 0 Å². The Bertz CT molecular complexity index is 521. The molecule has 0 heterocycles. The lowest BCUT2D eigenvalue weighted by Gasteiger charge is -2.21. The summed E-state index contributed by atoms with van der Waals surface area (Å²) < 4.78 is 5.13. The Morgan fingerprint density at radius 1 is 1.46 bits per heavy atom. The molecular formula is C18H30IN3O2. The molecule has 1 rings (SSSR count). The van der Waals surface area contributed by atoms with Gasteiger partial charge in [0, 0.05) is 26.7 Å². The number of ether oxygens (including phenoxy) is 1. The van der Waals surface area contributed by atoms with Crippen LogP contribution >= 0.6 is 24.0 Å². The predicted octanol–water partition coefficient (Wildman–Crippen LogP) is 3.42. The van der Waals surface area contributed by atoms with Crippen LogP contribution in [0.25, 0.3) is 0 Å². The fourth-order valence-corrected chi connectivity index (χ4v) is 2.22. The summed E-state index contributed by atoms with van der Waals surface area (Å²) in [6, 6.07) is 5.41. The number of allylic oxidation sites excluding steroid dienone is 1. The first-order valence-electron chi connectivity index (χ1n) is 8.08. The number of rotatable bonds is 9. The number of hydrogen-bond acceptors (Lipinski definition) is 3. The SMILES string of the molecule is C=CCCCN(C)C(=NCCc1ccc(O)c(OC)c1)NCC.I. The molecule has 1 aromatic carbocycles. The van der Waals surface area contributed by atoms with Gasteiger partial charge in [0.25, 0.3) is 0 Å². The van der Waals surface area contributed by atoms with Crippen LogP contribution in [0.15, 0.2) is 35.8 Å². The van der Waals surface area contributed by atoms with Gasteiger partial charge in [-0.1, -0.05) is 12.1 Å². The zero-order valence-electron chi connectivity index (χ0n) is 14.9. The van der Waals surface area contributed by atoms with E-state index in [2.05, 4.69) is 28.7 Å². The molecule has 0 bridgehead atoms. The topological polar surface area (TPSA) is 57.1 Å². The van der Waals surface area contributed by atoms with Crippen LogP contribution in [0.4, 0.5) is 0 Å². The van der Waals surface area contributed by atoms with Crippen LogP contribution in [0.1, 0.15) is 25.3 Å². The van der Waals surface area contributed by atoms with E-state index < -0.39 is 0 Å². The number of unbranched alkanes of at least 4 members (excludes halogenated alkanes) is 1. The average molecular weight is 447 g/mol. The second-order valence-corrected chi connectivity index (χ2v) is 5.34. The second kappa shape index (κ2) is 12.9. The molecule has 0 spiro atoms. The molecule has 136 valence electrons. The molecule has 6 heteroatoms. The molecule has 0 aliphatic rings. The minimum atomic E-state index is 0. The molecule has 24 heavy (non-hydrogen) atoms. The van der Waals surface area contributed by atoms with Crippen molar-refractivity contribution in [3.63, 3.8) is 0 Å². The van der Waals surface area contributed by atoms with E-state index in [1.54, 1.807) is 13.2 Å². The number of methoxy groups -OCH3 is 1. The van der Waals surface area contributed by atoms with Gasteiger partial charge in [-0.3, -0.25) is 4.99 Å². The summed E-state index contributed by atoms with van der Waals surface area (Å²) in [4.78, 5) is 6.81. The van der Waals surface area contributed by atoms with Gasteiger partial charge in [-0.15, -0.1) is 30.6 Å². The number of phenolic OH excluding ortho intramolecular Hbond substituents is 1. The summed E-state index contributed by atoms with van der Waals surface area (Å²) in [7, 11) is 3.60. The summed E-state index contributed by atoms with van der Waals surface area (Å²) in [6.45, 7) is 8.29. The fourth-order valence-electron chi connectivity index (χ4n) is 2.22. The van der Waals surface area contributed by atoms with E-state index >= 15 is 0 Å². The first-order valence-corrected chi connectivity index (χ1v) is 8.08. The monoisotopic (exact) mass is 447 g/mol. The van der Waals surface area contributed by atoms with E-state index in [1.165, 1.54) is 0 Å². The van der Waals surface area contributed by atoms with Crippen molar-refractivity contribution in [3.05, 3.63) is 36.4 Å². The van der Waals surface area contributed by atoms with Crippen molar-refractivity contribution in [1.82, 2.24) is 10.2 Å². The summed E-state index contributed by atoms with van der Waals surface area (Å²) in [5.74, 6) is 1.58. The van der Waals surface area contributed by atoms with Crippen LogP contribution < -0.4 is 10.1 Å². The molecule has 0 saturated heterocycles. The third-order valence-electron chi connectivity index (χ3n) is 3.50. The third-order valence-corrected chi connectivity index (χ3v) is 3.50. The third kappa shape index (κ3) is 7.90. The number of guanidine groups is 1. The highest BCUT2D eigenvalue weighted by atomic mass is 127. The number of benzene rings is 1. The van der Waals surface area contributed by atoms with Crippen LogP contribution in [0, 0.1) is 0 Å². The molecule has 1 aromatic rings. The van der Waals surface area contributed by atoms with Crippen molar-refractivity contribution in [2.24, 2.45) is 4.99 Å². The Hall–Kier alpha value is -1.44. The normalized spacial score (nSPS) is 10.7. The highest BCUT2D eigenvalue weighted by Gasteiger charge is 2.05. The molecule has 5 nitrogen and oxygen atoms in total. The molecule has 0 aliphatic carbocycles. The number of aliphatic imine (C=N–C) groups is 1. The van der Waals surface area contributed by atoms with Crippen molar-refractivity contribution in [2.75, 3.05) is 33.8 Å². The molecule has 0 aliphatic heterocycles. The van der Waals surface area contributed by atoms with Crippen molar-refractivity contribution >= 4 is 29.9 Å². The minimum absolute atomic E-state index is 0. The molecule has 0 amide bonds. The van der Waals surface area contributed by atoms with Crippen molar-refractivity contribution in [3.8, 4) is 11.5 Å². The number of aromatic hydroxyl groups is 1. The van der Waals surface area contributed by atoms with E-state index in [9.17, 15) is 5.11 Å². The van der Waals surface area contributed by atoms with Crippen molar-refractivity contribution in [2.45, 2.75) is 26.2 Å². The average Bonchev–Trinajstić information content (AvgIpc) is 2.55. The maximum Gasteiger partial charge on any atom is 0.193 e. The lowest BCUT2D eigenvalue weighted by molar-refractivity contribution is 0.373. The fraction of sp³-hybridized carbons (Fsp3) is 0.500. The largest absolute Gasteiger partial charge is 0.504 e. The van der Waals surface area contributed by atoms with E-state index in [-0.39, 0.29) is 29.7 Å².